The van der Waals surface area contributed by atoms with Gasteiger partial charge in [-0.25, -0.2) is 0 Å². The monoisotopic (exact) mass is 290 g/mol. The second-order valence-electron chi connectivity index (χ2n) is 4.87. The van der Waals surface area contributed by atoms with Crippen molar-refractivity contribution in [3.05, 3.63) is 29.6 Å². The summed E-state index contributed by atoms with van der Waals surface area (Å²) >= 11 is 0. The summed E-state index contributed by atoms with van der Waals surface area (Å²) in [6, 6.07) is 1.69. The number of pyridine rings is 1. The molecule has 0 atom stereocenters. The Kier molecular flexibility index (Phi) is 7.44. The summed E-state index contributed by atoms with van der Waals surface area (Å²) in [5.74, 6) is 5.57. The van der Waals surface area contributed by atoms with Crippen molar-refractivity contribution in [1.29, 1.82) is 0 Å². The molecule has 0 spiro atoms. The first-order chi connectivity index (χ1) is 10.1. The number of rotatable bonds is 6. The van der Waals surface area contributed by atoms with E-state index >= 15 is 0 Å². The largest absolute Gasteiger partial charge is 0.396 e. The molecule has 0 radical (unpaired) electrons. The average Bonchev–Trinajstić information content (AvgIpc) is 2.48. The summed E-state index contributed by atoms with van der Waals surface area (Å²) in [5, 5.41) is 17.7. The lowest BCUT2D eigenvalue weighted by atomic mass is 10.1. The van der Waals surface area contributed by atoms with Gasteiger partial charge in [-0.2, -0.15) is 0 Å². The van der Waals surface area contributed by atoms with Crippen LogP contribution in [0.5, 0.6) is 0 Å². The molecule has 2 N–H and O–H groups in total. The molecule has 0 aliphatic heterocycles. The maximum atomic E-state index is 12.6. The Labute approximate surface area is 125 Å². The quantitative estimate of drug-likeness (QED) is 0.768. The zero-order valence-electron chi connectivity index (χ0n) is 12.5. The number of amides is 1. The fourth-order valence-electron chi connectivity index (χ4n) is 1.88. The third kappa shape index (κ3) is 5.18. The Morgan fingerprint density at radius 1 is 1.38 bits per heavy atom. The molecular weight excluding hydrogens is 268 g/mol. The van der Waals surface area contributed by atoms with E-state index in [1.165, 1.54) is 0 Å². The Morgan fingerprint density at radius 3 is 2.76 bits per heavy atom. The Hall–Kier alpha value is -1.90. The van der Waals surface area contributed by atoms with Crippen LogP contribution in [0.25, 0.3) is 0 Å². The Morgan fingerprint density at radius 2 is 2.14 bits per heavy atom. The van der Waals surface area contributed by atoms with Gasteiger partial charge in [-0.1, -0.05) is 11.8 Å². The highest BCUT2D eigenvalue weighted by molar-refractivity contribution is 5.96. The summed E-state index contributed by atoms with van der Waals surface area (Å²) in [6.07, 6.45) is 4.03. The van der Waals surface area contributed by atoms with E-state index in [9.17, 15) is 4.79 Å². The van der Waals surface area contributed by atoms with E-state index in [-0.39, 0.29) is 25.2 Å². The van der Waals surface area contributed by atoms with E-state index < -0.39 is 0 Å². The molecule has 0 saturated heterocycles. The number of carbonyl (C=O) groups excluding carboxylic acids is 1. The summed E-state index contributed by atoms with van der Waals surface area (Å²) in [6.45, 7) is 4.42. The normalized spacial score (nSPS) is 10.1. The highest BCUT2D eigenvalue weighted by Gasteiger charge is 2.20. The number of hydrogen-bond acceptors (Lipinski definition) is 4. The van der Waals surface area contributed by atoms with Crippen LogP contribution >= 0.6 is 0 Å². The molecule has 5 nitrogen and oxygen atoms in total. The van der Waals surface area contributed by atoms with Crippen molar-refractivity contribution < 1.29 is 15.0 Å². The molecule has 0 unspecified atom stereocenters. The lowest BCUT2D eigenvalue weighted by Crippen LogP contribution is -2.38. The maximum Gasteiger partial charge on any atom is 0.255 e. The van der Waals surface area contributed by atoms with E-state index in [0.29, 0.717) is 30.5 Å². The number of aromatic nitrogens is 1. The van der Waals surface area contributed by atoms with Crippen LogP contribution in [0.3, 0.4) is 0 Å². The van der Waals surface area contributed by atoms with Crippen LogP contribution in [0.4, 0.5) is 0 Å². The van der Waals surface area contributed by atoms with E-state index in [4.69, 9.17) is 10.2 Å². The molecule has 0 fully saturated rings. The smallest absolute Gasteiger partial charge is 0.255 e. The van der Waals surface area contributed by atoms with Crippen LogP contribution in [0.1, 0.15) is 42.6 Å². The molecule has 5 heteroatoms. The van der Waals surface area contributed by atoms with E-state index in [2.05, 4.69) is 16.8 Å². The van der Waals surface area contributed by atoms with Gasteiger partial charge in [0.15, 0.2) is 0 Å². The molecule has 114 valence electrons. The molecular formula is C16H22N2O3. The second kappa shape index (κ2) is 9.11. The van der Waals surface area contributed by atoms with Gasteiger partial charge in [-0.15, -0.1) is 0 Å². The van der Waals surface area contributed by atoms with Gasteiger partial charge >= 0.3 is 0 Å². The molecule has 0 saturated carbocycles. The molecule has 21 heavy (non-hydrogen) atoms. The molecule has 1 aromatic rings. The van der Waals surface area contributed by atoms with E-state index in [1.807, 2.05) is 13.8 Å². The molecule has 0 aliphatic carbocycles. The molecule has 0 aliphatic rings. The van der Waals surface area contributed by atoms with Crippen LogP contribution in [-0.2, 0) is 0 Å². The molecule has 0 bridgehead atoms. The Bertz CT molecular complexity index is 518. The second-order valence-corrected chi connectivity index (χ2v) is 4.87. The van der Waals surface area contributed by atoms with Crippen molar-refractivity contribution >= 4 is 5.91 Å². The first-order valence-corrected chi connectivity index (χ1v) is 7.07. The van der Waals surface area contributed by atoms with Crippen LogP contribution in [-0.4, -0.2) is 51.8 Å². The zero-order valence-corrected chi connectivity index (χ0v) is 12.5. The minimum absolute atomic E-state index is 0.00877. The van der Waals surface area contributed by atoms with Crippen molar-refractivity contribution in [2.45, 2.75) is 32.7 Å². The van der Waals surface area contributed by atoms with Crippen molar-refractivity contribution in [1.82, 2.24) is 9.88 Å². The maximum absolute atomic E-state index is 12.6. The number of hydrogen-bond donors (Lipinski definition) is 2. The van der Waals surface area contributed by atoms with Crippen molar-refractivity contribution in [3.63, 3.8) is 0 Å². The first-order valence-electron chi connectivity index (χ1n) is 7.07. The van der Waals surface area contributed by atoms with Gasteiger partial charge < -0.3 is 15.1 Å². The molecule has 1 amide bonds. The lowest BCUT2D eigenvalue weighted by Gasteiger charge is -2.27. The SMILES string of the molecule is CC(C)N(CCCO)C(=O)c1ccncc1C#CCCO. The number of nitrogens with zero attached hydrogens (tertiary/aromatic N) is 2. The van der Waals surface area contributed by atoms with Crippen LogP contribution < -0.4 is 0 Å². The summed E-state index contributed by atoms with van der Waals surface area (Å²) < 4.78 is 0. The predicted octanol–water partition coefficient (Wildman–Crippen LogP) is 1.05. The van der Waals surface area contributed by atoms with Gasteiger partial charge in [0.1, 0.15) is 0 Å². The third-order valence-corrected chi connectivity index (χ3v) is 2.95. The van der Waals surface area contributed by atoms with E-state index in [1.54, 1.807) is 23.4 Å². The zero-order chi connectivity index (χ0) is 15.7. The van der Waals surface area contributed by atoms with Gasteiger partial charge in [0.2, 0.25) is 0 Å². The van der Waals surface area contributed by atoms with E-state index in [0.717, 1.165) is 0 Å². The summed E-state index contributed by atoms with van der Waals surface area (Å²) in [7, 11) is 0. The number of aliphatic hydroxyl groups is 2. The number of carbonyl (C=O) groups is 1. The van der Waals surface area contributed by atoms with Gasteiger partial charge in [0.25, 0.3) is 5.91 Å². The highest BCUT2D eigenvalue weighted by atomic mass is 16.3. The lowest BCUT2D eigenvalue weighted by molar-refractivity contribution is 0.0692. The molecule has 0 aromatic carbocycles. The minimum Gasteiger partial charge on any atom is -0.396 e. The van der Waals surface area contributed by atoms with Gasteiger partial charge in [0.05, 0.1) is 17.7 Å². The fraction of sp³-hybridized carbons (Fsp3) is 0.500. The van der Waals surface area contributed by atoms with Crippen molar-refractivity contribution in [2.75, 3.05) is 19.8 Å². The van der Waals surface area contributed by atoms with Crippen molar-refractivity contribution in [2.24, 2.45) is 0 Å². The fourth-order valence-corrected chi connectivity index (χ4v) is 1.88. The molecule has 1 aromatic heterocycles. The predicted molar refractivity (Wildman–Crippen MR) is 80.7 cm³/mol. The third-order valence-electron chi connectivity index (χ3n) is 2.95. The van der Waals surface area contributed by atoms with Gasteiger partial charge in [-0.05, 0) is 26.3 Å². The molecule has 1 heterocycles. The highest BCUT2D eigenvalue weighted by Crippen LogP contribution is 2.12. The topological polar surface area (TPSA) is 73.7 Å². The average molecular weight is 290 g/mol. The van der Waals surface area contributed by atoms with Gasteiger partial charge in [-0.3, -0.25) is 9.78 Å². The minimum atomic E-state index is -0.117. The van der Waals surface area contributed by atoms with Crippen LogP contribution in [0, 0.1) is 11.8 Å². The molecule has 1 rings (SSSR count). The van der Waals surface area contributed by atoms with Gasteiger partial charge in [0, 0.05) is 38.0 Å². The van der Waals surface area contributed by atoms with Crippen molar-refractivity contribution in [3.8, 4) is 11.8 Å². The Balaban J connectivity index is 3.02. The van der Waals surface area contributed by atoms with Crippen LogP contribution in [0.2, 0.25) is 0 Å². The summed E-state index contributed by atoms with van der Waals surface area (Å²) in [4.78, 5) is 18.4. The first kappa shape index (κ1) is 17.2. The van der Waals surface area contributed by atoms with Crippen LogP contribution in [0.15, 0.2) is 18.5 Å². The standard InChI is InChI=1S/C16H22N2O3/c1-13(2)18(9-5-11-20)16(21)15-7-8-17-12-14(15)6-3-4-10-19/h7-8,12-13,19-20H,4-5,9-11H2,1-2H3. The number of aliphatic hydroxyl groups excluding tert-OH is 2. The summed E-state index contributed by atoms with van der Waals surface area (Å²) in [5.41, 5.74) is 1.06.